The van der Waals surface area contributed by atoms with Crippen LogP contribution in [-0.2, 0) is 12.5 Å². The van der Waals surface area contributed by atoms with Crippen LogP contribution in [0.2, 0.25) is 0 Å². The molecule has 0 amide bonds. The van der Waals surface area contributed by atoms with E-state index in [1.807, 2.05) is 32.5 Å². The molecule has 2 heterocycles. The van der Waals surface area contributed by atoms with Crippen LogP contribution in [0.25, 0.3) is 0 Å². The minimum absolute atomic E-state index is 0.701. The average Bonchev–Trinajstić information content (AvgIpc) is 2.86. The third-order valence-corrected chi connectivity index (χ3v) is 3.73. The van der Waals surface area contributed by atoms with Gasteiger partial charge in [0, 0.05) is 29.9 Å². The summed E-state index contributed by atoms with van der Waals surface area (Å²) in [6.07, 6.45) is 3.58. The second-order valence-electron chi connectivity index (χ2n) is 3.93. The molecular weight excluding hydrogens is 220 g/mol. The standard InChI is InChI=1S/C11H12N4S/c1-8-6-16-10(14-8)11(2,7-12)9-4-13-15(3)5-9/h4-6H,1-3H3. The molecule has 0 saturated carbocycles. The Hall–Kier alpha value is -1.67. The molecule has 2 aromatic rings. The number of hydrogen-bond donors (Lipinski definition) is 0. The Bertz CT molecular complexity index is 506. The summed E-state index contributed by atoms with van der Waals surface area (Å²) in [6, 6.07) is 2.33. The van der Waals surface area contributed by atoms with Crippen molar-refractivity contribution in [1.29, 1.82) is 5.26 Å². The maximum absolute atomic E-state index is 9.39. The molecule has 4 nitrogen and oxygen atoms in total. The molecule has 0 fully saturated rings. The molecule has 0 bridgehead atoms. The van der Waals surface area contributed by atoms with Gasteiger partial charge in [0.1, 0.15) is 10.4 Å². The van der Waals surface area contributed by atoms with Crippen LogP contribution in [0.5, 0.6) is 0 Å². The molecule has 5 heteroatoms. The Morgan fingerprint density at radius 2 is 2.31 bits per heavy atom. The van der Waals surface area contributed by atoms with E-state index in [1.165, 1.54) is 11.3 Å². The van der Waals surface area contributed by atoms with Gasteiger partial charge < -0.3 is 0 Å². The molecule has 0 aromatic carbocycles. The van der Waals surface area contributed by atoms with Crippen LogP contribution in [0.4, 0.5) is 0 Å². The van der Waals surface area contributed by atoms with E-state index in [9.17, 15) is 5.26 Å². The minimum Gasteiger partial charge on any atom is -0.275 e. The van der Waals surface area contributed by atoms with Crippen LogP contribution in [0, 0.1) is 18.3 Å². The Morgan fingerprint density at radius 3 is 2.75 bits per heavy atom. The van der Waals surface area contributed by atoms with E-state index in [4.69, 9.17) is 0 Å². The molecule has 0 aliphatic rings. The molecule has 16 heavy (non-hydrogen) atoms. The van der Waals surface area contributed by atoms with Crippen molar-refractivity contribution in [2.24, 2.45) is 7.05 Å². The Labute approximate surface area is 98.2 Å². The average molecular weight is 232 g/mol. The topological polar surface area (TPSA) is 54.5 Å². The first-order chi connectivity index (χ1) is 7.56. The van der Waals surface area contributed by atoms with Gasteiger partial charge in [-0.3, -0.25) is 4.68 Å². The quantitative estimate of drug-likeness (QED) is 0.796. The number of aromatic nitrogens is 3. The van der Waals surface area contributed by atoms with Crippen molar-refractivity contribution < 1.29 is 0 Å². The van der Waals surface area contributed by atoms with Crippen molar-refractivity contribution in [3.8, 4) is 6.07 Å². The van der Waals surface area contributed by atoms with Gasteiger partial charge >= 0.3 is 0 Å². The van der Waals surface area contributed by atoms with Gasteiger partial charge in [-0.05, 0) is 13.8 Å². The maximum Gasteiger partial charge on any atom is 0.134 e. The number of nitriles is 1. The highest BCUT2D eigenvalue weighted by Gasteiger charge is 2.33. The van der Waals surface area contributed by atoms with Gasteiger partial charge in [0.2, 0.25) is 0 Å². The highest BCUT2D eigenvalue weighted by atomic mass is 32.1. The van der Waals surface area contributed by atoms with E-state index in [-0.39, 0.29) is 0 Å². The molecule has 0 N–H and O–H groups in total. The lowest BCUT2D eigenvalue weighted by Gasteiger charge is -2.16. The molecule has 0 aliphatic heterocycles. The summed E-state index contributed by atoms with van der Waals surface area (Å²) in [5.41, 5.74) is 1.13. The van der Waals surface area contributed by atoms with E-state index in [2.05, 4.69) is 16.2 Å². The number of aryl methyl sites for hydroxylation is 2. The molecule has 0 radical (unpaired) electrons. The van der Waals surface area contributed by atoms with E-state index in [0.717, 1.165) is 16.3 Å². The van der Waals surface area contributed by atoms with Crippen molar-refractivity contribution in [3.05, 3.63) is 34.0 Å². The molecular formula is C11H12N4S. The summed E-state index contributed by atoms with van der Waals surface area (Å²) >= 11 is 1.51. The SMILES string of the molecule is Cc1csc(C(C)(C#N)c2cnn(C)c2)n1. The van der Waals surface area contributed by atoms with Crippen LogP contribution in [0.1, 0.15) is 23.2 Å². The lowest BCUT2D eigenvalue weighted by molar-refractivity contribution is 0.723. The first-order valence-electron chi connectivity index (χ1n) is 4.89. The summed E-state index contributed by atoms with van der Waals surface area (Å²) in [4.78, 5) is 4.40. The van der Waals surface area contributed by atoms with Crippen LogP contribution in [-0.4, -0.2) is 14.8 Å². The Kier molecular flexibility index (Phi) is 2.52. The Morgan fingerprint density at radius 1 is 1.56 bits per heavy atom. The number of thiazole rings is 1. The zero-order chi connectivity index (χ0) is 11.8. The fraction of sp³-hybridized carbons (Fsp3) is 0.364. The van der Waals surface area contributed by atoms with Gasteiger partial charge in [0.05, 0.1) is 12.3 Å². The zero-order valence-electron chi connectivity index (χ0n) is 9.43. The lowest BCUT2D eigenvalue weighted by Crippen LogP contribution is -2.20. The number of nitrogens with zero attached hydrogens (tertiary/aromatic N) is 4. The van der Waals surface area contributed by atoms with Gasteiger partial charge in [-0.1, -0.05) is 0 Å². The van der Waals surface area contributed by atoms with Crippen molar-refractivity contribution in [2.75, 3.05) is 0 Å². The first kappa shape index (κ1) is 10.8. The third-order valence-electron chi connectivity index (χ3n) is 2.55. The number of rotatable bonds is 2. The molecule has 0 aliphatic carbocycles. The fourth-order valence-electron chi connectivity index (χ4n) is 1.50. The van der Waals surface area contributed by atoms with Crippen molar-refractivity contribution >= 4 is 11.3 Å². The zero-order valence-corrected chi connectivity index (χ0v) is 10.2. The van der Waals surface area contributed by atoms with Gasteiger partial charge in [-0.15, -0.1) is 11.3 Å². The molecule has 1 atom stereocenters. The molecule has 2 rings (SSSR count). The first-order valence-corrected chi connectivity index (χ1v) is 5.77. The van der Waals surface area contributed by atoms with Gasteiger partial charge in [-0.2, -0.15) is 10.4 Å². The third kappa shape index (κ3) is 1.61. The molecule has 1 unspecified atom stereocenters. The maximum atomic E-state index is 9.39. The highest BCUT2D eigenvalue weighted by molar-refractivity contribution is 7.09. The van der Waals surface area contributed by atoms with Gasteiger partial charge in [0.15, 0.2) is 0 Å². The summed E-state index contributed by atoms with van der Waals surface area (Å²) < 4.78 is 1.70. The van der Waals surface area contributed by atoms with Crippen LogP contribution in [0.15, 0.2) is 17.8 Å². The molecule has 82 valence electrons. The predicted molar refractivity (Wildman–Crippen MR) is 62.1 cm³/mol. The second kappa shape index (κ2) is 3.72. The van der Waals surface area contributed by atoms with Gasteiger partial charge in [-0.25, -0.2) is 4.98 Å². The number of hydrogen-bond acceptors (Lipinski definition) is 4. The fourth-order valence-corrected chi connectivity index (χ4v) is 2.43. The summed E-state index contributed by atoms with van der Waals surface area (Å²) in [7, 11) is 1.84. The normalized spacial score (nSPS) is 14.4. The minimum atomic E-state index is -0.701. The van der Waals surface area contributed by atoms with E-state index in [1.54, 1.807) is 10.9 Å². The largest absolute Gasteiger partial charge is 0.275 e. The van der Waals surface area contributed by atoms with Crippen molar-refractivity contribution in [1.82, 2.24) is 14.8 Å². The van der Waals surface area contributed by atoms with Crippen molar-refractivity contribution in [3.63, 3.8) is 0 Å². The van der Waals surface area contributed by atoms with Gasteiger partial charge in [0.25, 0.3) is 0 Å². The van der Waals surface area contributed by atoms with Crippen LogP contribution < -0.4 is 0 Å². The predicted octanol–water partition coefficient (Wildman–Crippen LogP) is 2.01. The van der Waals surface area contributed by atoms with E-state index >= 15 is 0 Å². The summed E-state index contributed by atoms with van der Waals surface area (Å²) in [5.74, 6) is 0. The summed E-state index contributed by atoms with van der Waals surface area (Å²) in [5, 5.41) is 16.3. The molecule has 0 saturated heterocycles. The second-order valence-corrected chi connectivity index (χ2v) is 4.79. The highest BCUT2D eigenvalue weighted by Crippen LogP contribution is 2.32. The summed E-state index contributed by atoms with van der Waals surface area (Å²) in [6.45, 7) is 3.81. The van der Waals surface area contributed by atoms with E-state index < -0.39 is 5.41 Å². The molecule has 0 spiro atoms. The Balaban J connectivity index is 2.52. The van der Waals surface area contributed by atoms with Crippen molar-refractivity contribution in [2.45, 2.75) is 19.3 Å². The lowest BCUT2D eigenvalue weighted by atomic mass is 9.87. The monoisotopic (exact) mass is 232 g/mol. The molecule has 2 aromatic heterocycles. The van der Waals surface area contributed by atoms with Crippen LogP contribution >= 0.6 is 11.3 Å². The van der Waals surface area contributed by atoms with Crippen LogP contribution in [0.3, 0.4) is 0 Å². The smallest absolute Gasteiger partial charge is 0.134 e. The van der Waals surface area contributed by atoms with E-state index in [0.29, 0.717) is 0 Å².